The topological polar surface area (TPSA) is 62.5 Å². The van der Waals surface area contributed by atoms with Crippen molar-refractivity contribution < 1.29 is 13.7 Å². The number of non-ortho nitro benzene ring substituents is 1. The molecule has 8 heteroatoms. The minimum Gasteiger partial charge on any atom is -0.368 e. The summed E-state index contributed by atoms with van der Waals surface area (Å²) in [6, 6.07) is 6.80. The van der Waals surface area contributed by atoms with Gasteiger partial charge in [-0.2, -0.15) is 0 Å². The first-order valence-corrected chi connectivity index (χ1v) is 7.76. The summed E-state index contributed by atoms with van der Waals surface area (Å²) in [4.78, 5) is 19.0. The lowest BCUT2D eigenvalue weighted by Gasteiger charge is -2.36. The number of aromatic nitrogens is 1. The number of hydrogen-bond acceptors (Lipinski definition) is 5. The first-order valence-electron chi connectivity index (χ1n) is 7.76. The molecule has 0 saturated carbocycles. The maximum atomic E-state index is 12.5. The number of halogens is 2. The first kappa shape index (κ1) is 16.5. The molecule has 3 rings (SSSR count). The van der Waals surface area contributed by atoms with Crippen LogP contribution < -0.4 is 4.90 Å². The highest BCUT2D eigenvalue weighted by Gasteiger charge is 2.23. The molecule has 2 heterocycles. The second-order valence-electron chi connectivity index (χ2n) is 5.89. The van der Waals surface area contributed by atoms with E-state index in [1.165, 1.54) is 6.07 Å². The number of benzene rings is 1. The average Bonchev–Trinajstić information content (AvgIpc) is 2.53. The predicted octanol–water partition coefficient (Wildman–Crippen LogP) is 2.84. The second kappa shape index (κ2) is 6.64. The number of nitro benzene ring substituents is 1. The van der Waals surface area contributed by atoms with Crippen molar-refractivity contribution in [1.82, 2.24) is 9.88 Å². The van der Waals surface area contributed by atoms with Gasteiger partial charge >= 0.3 is 0 Å². The number of rotatable bonds is 4. The van der Waals surface area contributed by atoms with Gasteiger partial charge in [-0.1, -0.05) is 12.1 Å². The molecule has 2 aromatic rings. The summed E-state index contributed by atoms with van der Waals surface area (Å²) < 4.78 is 25.0. The normalized spacial score (nSPS) is 16.1. The largest absolute Gasteiger partial charge is 0.368 e. The van der Waals surface area contributed by atoms with Gasteiger partial charge in [0.2, 0.25) is 0 Å². The molecule has 1 aromatic heterocycles. The molecule has 0 N–H and O–H groups in total. The van der Waals surface area contributed by atoms with E-state index in [1.54, 1.807) is 17.9 Å². The van der Waals surface area contributed by atoms with Gasteiger partial charge in [-0.3, -0.25) is 15.0 Å². The minimum absolute atomic E-state index is 0.0196. The number of piperazine rings is 1. The van der Waals surface area contributed by atoms with E-state index in [-0.39, 0.29) is 12.2 Å². The molecule has 1 aromatic carbocycles. The van der Waals surface area contributed by atoms with E-state index in [2.05, 4.69) is 9.88 Å². The summed E-state index contributed by atoms with van der Waals surface area (Å²) in [5, 5.41) is 12.0. The van der Waals surface area contributed by atoms with Crippen LogP contribution in [0.2, 0.25) is 0 Å². The number of para-hydroxylation sites is 1. The Kier molecular flexibility index (Phi) is 4.57. The Morgan fingerprint density at radius 1 is 1.29 bits per heavy atom. The zero-order valence-corrected chi connectivity index (χ0v) is 13.3. The van der Waals surface area contributed by atoms with Crippen LogP contribution in [0.3, 0.4) is 0 Å². The van der Waals surface area contributed by atoms with Crippen molar-refractivity contribution in [2.75, 3.05) is 37.6 Å². The minimum atomic E-state index is -2.33. The number of nitro groups is 1. The van der Waals surface area contributed by atoms with Gasteiger partial charge in [0.25, 0.3) is 12.1 Å². The molecule has 0 bridgehead atoms. The number of fused-ring (bicyclic) bond motifs is 1. The van der Waals surface area contributed by atoms with Crippen LogP contribution in [-0.2, 0) is 0 Å². The fourth-order valence-corrected chi connectivity index (χ4v) is 3.12. The van der Waals surface area contributed by atoms with E-state index in [9.17, 15) is 18.9 Å². The Morgan fingerprint density at radius 3 is 2.62 bits per heavy atom. The highest BCUT2D eigenvalue weighted by molar-refractivity contribution is 5.97. The molecule has 0 aliphatic carbocycles. The highest BCUT2D eigenvalue weighted by Crippen LogP contribution is 2.32. The Balaban J connectivity index is 1.93. The summed E-state index contributed by atoms with van der Waals surface area (Å²) in [7, 11) is 0. The summed E-state index contributed by atoms with van der Waals surface area (Å²) in [6.07, 6.45) is -2.33. The third-order valence-electron chi connectivity index (χ3n) is 4.23. The molecule has 0 atom stereocenters. The fraction of sp³-hybridized carbons (Fsp3) is 0.438. The molecular weight excluding hydrogens is 318 g/mol. The van der Waals surface area contributed by atoms with E-state index >= 15 is 0 Å². The van der Waals surface area contributed by atoms with Gasteiger partial charge in [0.1, 0.15) is 0 Å². The van der Waals surface area contributed by atoms with Gasteiger partial charge < -0.3 is 4.90 Å². The maximum absolute atomic E-state index is 12.5. The third kappa shape index (κ3) is 3.28. The smallest absolute Gasteiger partial charge is 0.295 e. The third-order valence-corrected chi connectivity index (χ3v) is 4.23. The molecule has 24 heavy (non-hydrogen) atoms. The van der Waals surface area contributed by atoms with Gasteiger partial charge in [0.05, 0.1) is 11.5 Å². The fourth-order valence-electron chi connectivity index (χ4n) is 3.12. The molecule has 1 saturated heterocycles. The van der Waals surface area contributed by atoms with E-state index in [0.717, 1.165) is 11.1 Å². The monoisotopic (exact) mass is 336 g/mol. The van der Waals surface area contributed by atoms with Crippen LogP contribution in [0.1, 0.15) is 5.69 Å². The van der Waals surface area contributed by atoms with Gasteiger partial charge in [-0.15, -0.1) is 0 Å². The van der Waals surface area contributed by atoms with Crippen molar-refractivity contribution in [1.29, 1.82) is 0 Å². The number of anilines is 1. The van der Waals surface area contributed by atoms with Crippen molar-refractivity contribution in [2.45, 2.75) is 13.3 Å². The van der Waals surface area contributed by atoms with E-state index < -0.39 is 11.3 Å². The molecule has 1 fully saturated rings. The standard InChI is InChI=1S/C16H18F2N4O2/c1-11-9-14(21-7-5-20(6-8-21)10-15(17)18)12-3-2-4-13(22(23)24)16(12)19-11/h2-4,9,15H,5-8,10H2,1H3. The number of hydrogen-bond donors (Lipinski definition) is 0. The molecular formula is C16H18F2N4O2. The average molecular weight is 336 g/mol. The van der Waals surface area contributed by atoms with Crippen LogP contribution in [0.5, 0.6) is 0 Å². The molecule has 0 unspecified atom stereocenters. The summed E-state index contributed by atoms with van der Waals surface area (Å²) in [6.45, 7) is 3.88. The summed E-state index contributed by atoms with van der Waals surface area (Å²) in [5.74, 6) is 0. The van der Waals surface area contributed by atoms with Crippen molar-refractivity contribution >= 4 is 22.3 Å². The lowest BCUT2D eigenvalue weighted by atomic mass is 10.1. The number of alkyl halides is 2. The van der Waals surface area contributed by atoms with Crippen LogP contribution in [-0.4, -0.2) is 54.0 Å². The Hall–Kier alpha value is -2.35. The van der Waals surface area contributed by atoms with E-state index in [4.69, 9.17) is 0 Å². The molecule has 128 valence electrons. The number of aryl methyl sites for hydroxylation is 1. The predicted molar refractivity (Wildman–Crippen MR) is 87.8 cm³/mol. The SMILES string of the molecule is Cc1cc(N2CCN(CC(F)F)CC2)c2cccc([N+](=O)[O-])c2n1. The lowest BCUT2D eigenvalue weighted by molar-refractivity contribution is -0.383. The first-order chi connectivity index (χ1) is 11.5. The van der Waals surface area contributed by atoms with Crippen molar-refractivity contribution in [2.24, 2.45) is 0 Å². The molecule has 0 amide bonds. The molecule has 1 aliphatic rings. The Morgan fingerprint density at radius 2 is 2.00 bits per heavy atom. The van der Waals surface area contributed by atoms with Gasteiger partial charge in [0, 0.05) is 49.0 Å². The van der Waals surface area contributed by atoms with Crippen LogP contribution in [0, 0.1) is 17.0 Å². The van der Waals surface area contributed by atoms with Crippen LogP contribution in [0.25, 0.3) is 10.9 Å². The summed E-state index contributed by atoms with van der Waals surface area (Å²) >= 11 is 0. The van der Waals surface area contributed by atoms with Crippen LogP contribution >= 0.6 is 0 Å². The molecule has 6 nitrogen and oxygen atoms in total. The van der Waals surface area contributed by atoms with Crippen molar-refractivity contribution in [3.8, 4) is 0 Å². The number of pyridine rings is 1. The van der Waals surface area contributed by atoms with Crippen molar-refractivity contribution in [3.05, 3.63) is 40.1 Å². The van der Waals surface area contributed by atoms with Gasteiger partial charge in [-0.25, -0.2) is 13.8 Å². The molecule has 0 spiro atoms. The zero-order valence-electron chi connectivity index (χ0n) is 13.3. The second-order valence-corrected chi connectivity index (χ2v) is 5.89. The molecule has 0 radical (unpaired) electrons. The van der Waals surface area contributed by atoms with Crippen LogP contribution in [0.4, 0.5) is 20.2 Å². The highest BCUT2D eigenvalue weighted by atomic mass is 19.3. The lowest BCUT2D eigenvalue weighted by Crippen LogP contribution is -2.47. The maximum Gasteiger partial charge on any atom is 0.295 e. The quantitative estimate of drug-likeness (QED) is 0.635. The van der Waals surface area contributed by atoms with Crippen LogP contribution in [0.15, 0.2) is 24.3 Å². The summed E-state index contributed by atoms with van der Waals surface area (Å²) in [5.41, 5.74) is 1.92. The van der Waals surface area contributed by atoms with E-state index in [0.29, 0.717) is 37.4 Å². The molecule has 1 aliphatic heterocycles. The van der Waals surface area contributed by atoms with E-state index in [1.807, 2.05) is 12.1 Å². The Labute approximate surface area is 137 Å². The number of nitrogens with zero attached hydrogens (tertiary/aromatic N) is 4. The zero-order chi connectivity index (χ0) is 17.3. The van der Waals surface area contributed by atoms with Gasteiger partial charge in [0.15, 0.2) is 5.52 Å². The van der Waals surface area contributed by atoms with Crippen molar-refractivity contribution in [3.63, 3.8) is 0 Å². The van der Waals surface area contributed by atoms with Gasteiger partial charge in [-0.05, 0) is 13.0 Å². The Bertz CT molecular complexity index is 761.